The largest absolute Gasteiger partial charge is 0.334 e. The van der Waals surface area contributed by atoms with Gasteiger partial charge in [0, 0.05) is 10.3 Å². The number of benzene rings is 1. The number of halogens is 2. The van der Waals surface area contributed by atoms with Crippen LogP contribution in [0.25, 0.3) is 0 Å². The molecule has 0 radical (unpaired) electrons. The van der Waals surface area contributed by atoms with Crippen LogP contribution in [0.5, 0.6) is 0 Å². The molecule has 5 heteroatoms. The van der Waals surface area contributed by atoms with Gasteiger partial charge in [-0.15, -0.1) is 0 Å². The van der Waals surface area contributed by atoms with Gasteiger partial charge >= 0.3 is 0 Å². The van der Waals surface area contributed by atoms with Crippen molar-refractivity contribution in [2.24, 2.45) is 10.9 Å². The summed E-state index contributed by atoms with van der Waals surface area (Å²) in [6.07, 6.45) is 2.40. The van der Waals surface area contributed by atoms with E-state index in [0.29, 0.717) is 10.3 Å². The molecule has 1 aliphatic heterocycles. The number of thioether (sulfide) groups is 1. The third-order valence-corrected chi connectivity index (χ3v) is 5.75. The van der Waals surface area contributed by atoms with E-state index in [4.69, 9.17) is 23.2 Å². The molecule has 0 spiro atoms. The lowest BCUT2D eigenvalue weighted by Gasteiger charge is -2.18. The predicted octanol–water partition coefficient (Wildman–Crippen LogP) is 5.62. The summed E-state index contributed by atoms with van der Waals surface area (Å²) >= 11 is 14.2. The van der Waals surface area contributed by atoms with Crippen molar-refractivity contribution in [3.05, 3.63) is 27.7 Å². The minimum Gasteiger partial charge on any atom is -0.334 e. The third kappa shape index (κ3) is 3.63. The minimum absolute atomic E-state index is 0.576. The van der Waals surface area contributed by atoms with Gasteiger partial charge in [0.1, 0.15) is 0 Å². The van der Waals surface area contributed by atoms with Gasteiger partial charge in [0.05, 0.1) is 17.3 Å². The third-order valence-electron chi connectivity index (χ3n) is 3.74. The summed E-state index contributed by atoms with van der Waals surface area (Å²) in [7, 11) is 0. The fourth-order valence-corrected chi connectivity index (χ4v) is 4.14. The summed E-state index contributed by atoms with van der Waals surface area (Å²) in [6, 6.07) is 3.75. The number of nitrogens with one attached hydrogen (secondary N) is 1. The summed E-state index contributed by atoms with van der Waals surface area (Å²) in [4.78, 5) is 4.59. The van der Waals surface area contributed by atoms with Gasteiger partial charge in [-0.2, -0.15) is 0 Å². The molecular weight excluding hydrogens is 311 g/mol. The smallest absolute Gasteiger partial charge is 0.161 e. The van der Waals surface area contributed by atoms with Crippen LogP contribution in [0.1, 0.15) is 32.3 Å². The van der Waals surface area contributed by atoms with E-state index >= 15 is 0 Å². The van der Waals surface area contributed by atoms with E-state index in [1.165, 1.54) is 12.8 Å². The average Bonchev–Trinajstić information content (AvgIpc) is 2.86. The van der Waals surface area contributed by atoms with Crippen LogP contribution in [0.3, 0.4) is 0 Å². The van der Waals surface area contributed by atoms with Gasteiger partial charge in [0.2, 0.25) is 0 Å². The Kier molecular flexibility index (Phi) is 5.65. The molecule has 1 unspecified atom stereocenters. The van der Waals surface area contributed by atoms with E-state index in [2.05, 4.69) is 24.2 Å². The van der Waals surface area contributed by atoms with Crippen molar-refractivity contribution < 1.29 is 0 Å². The fraction of sp³-hybridized carbons (Fsp3) is 0.533. The normalized spacial score (nSPS) is 18.5. The number of nitrogens with zero attached hydrogens (tertiary/aromatic N) is 1. The summed E-state index contributed by atoms with van der Waals surface area (Å²) in [5, 5.41) is 6.23. The highest BCUT2D eigenvalue weighted by Gasteiger charge is 2.26. The highest BCUT2D eigenvalue weighted by Crippen LogP contribution is 2.34. The van der Waals surface area contributed by atoms with Crippen molar-refractivity contribution in [1.29, 1.82) is 0 Å². The van der Waals surface area contributed by atoms with Crippen LogP contribution in [0.2, 0.25) is 10.0 Å². The molecule has 1 heterocycles. The van der Waals surface area contributed by atoms with Crippen molar-refractivity contribution >= 4 is 45.8 Å². The molecule has 1 aromatic carbocycles. The van der Waals surface area contributed by atoms with Crippen molar-refractivity contribution in [2.75, 3.05) is 11.9 Å². The molecule has 0 aromatic heterocycles. The predicted molar refractivity (Wildman–Crippen MR) is 92.6 cm³/mol. The first-order chi connectivity index (χ1) is 9.55. The molecule has 2 nitrogen and oxygen atoms in total. The topological polar surface area (TPSA) is 24.4 Å². The van der Waals surface area contributed by atoms with E-state index in [1.54, 1.807) is 0 Å². The Morgan fingerprint density at radius 3 is 2.65 bits per heavy atom. The van der Waals surface area contributed by atoms with Crippen LogP contribution in [-0.2, 0) is 0 Å². The number of hydrogen-bond donors (Lipinski definition) is 1. The lowest BCUT2D eigenvalue weighted by Crippen LogP contribution is -2.17. The monoisotopic (exact) mass is 330 g/mol. The van der Waals surface area contributed by atoms with Gasteiger partial charge in [-0.05, 0) is 30.5 Å². The molecule has 0 amide bonds. The number of aryl methyl sites for hydroxylation is 1. The Morgan fingerprint density at radius 2 is 2.00 bits per heavy atom. The molecule has 0 saturated heterocycles. The summed E-state index contributed by atoms with van der Waals surface area (Å²) < 4.78 is 0. The lowest BCUT2D eigenvalue weighted by atomic mass is 9.99. The number of anilines is 1. The van der Waals surface area contributed by atoms with Crippen LogP contribution >= 0.6 is 35.0 Å². The standard InChI is InChI=1S/C15H20Cl2N2S/c1-4-10(5-2)14-8-18-15(20-14)19-13-7-11(16)9(3)6-12(13)17/h6-7,10,14H,4-5,8H2,1-3H3,(H,18,19). The molecule has 0 aliphatic carbocycles. The summed E-state index contributed by atoms with van der Waals surface area (Å²) in [5.41, 5.74) is 1.82. The first-order valence-corrected chi connectivity index (χ1v) is 8.62. The Hall–Kier alpha value is -0.380. The van der Waals surface area contributed by atoms with Crippen LogP contribution in [0.4, 0.5) is 5.69 Å². The van der Waals surface area contributed by atoms with Crippen molar-refractivity contribution in [3.63, 3.8) is 0 Å². The maximum absolute atomic E-state index is 6.25. The summed E-state index contributed by atoms with van der Waals surface area (Å²) in [6.45, 7) is 7.33. The van der Waals surface area contributed by atoms with Crippen LogP contribution < -0.4 is 5.32 Å². The molecule has 0 saturated carbocycles. The van der Waals surface area contributed by atoms with E-state index in [1.807, 2.05) is 30.8 Å². The first kappa shape index (κ1) is 16.0. The van der Waals surface area contributed by atoms with Crippen LogP contribution in [0.15, 0.2) is 17.1 Å². The minimum atomic E-state index is 0.576. The average molecular weight is 331 g/mol. The Balaban J connectivity index is 2.04. The lowest BCUT2D eigenvalue weighted by molar-refractivity contribution is 0.479. The van der Waals surface area contributed by atoms with E-state index in [0.717, 1.165) is 33.9 Å². The Labute approximate surface area is 135 Å². The zero-order valence-electron chi connectivity index (χ0n) is 12.0. The molecular formula is C15H20Cl2N2S. The second kappa shape index (κ2) is 7.06. The van der Waals surface area contributed by atoms with Crippen LogP contribution in [0, 0.1) is 12.8 Å². The Morgan fingerprint density at radius 1 is 1.30 bits per heavy atom. The van der Waals surface area contributed by atoms with Crippen molar-refractivity contribution in [3.8, 4) is 0 Å². The van der Waals surface area contributed by atoms with E-state index in [-0.39, 0.29) is 0 Å². The number of hydrogen-bond acceptors (Lipinski definition) is 3. The molecule has 20 heavy (non-hydrogen) atoms. The zero-order chi connectivity index (χ0) is 14.7. The number of aliphatic imine (C=N–C) groups is 1. The van der Waals surface area contributed by atoms with Crippen molar-refractivity contribution in [1.82, 2.24) is 0 Å². The maximum Gasteiger partial charge on any atom is 0.161 e. The van der Waals surface area contributed by atoms with Crippen molar-refractivity contribution in [2.45, 2.75) is 38.9 Å². The molecule has 0 fully saturated rings. The molecule has 110 valence electrons. The highest BCUT2D eigenvalue weighted by molar-refractivity contribution is 8.15. The first-order valence-electron chi connectivity index (χ1n) is 6.98. The molecule has 1 atom stereocenters. The number of rotatable bonds is 4. The zero-order valence-corrected chi connectivity index (χ0v) is 14.4. The van der Waals surface area contributed by atoms with Gasteiger partial charge in [0.15, 0.2) is 5.17 Å². The van der Waals surface area contributed by atoms with E-state index < -0.39 is 0 Å². The highest BCUT2D eigenvalue weighted by atomic mass is 35.5. The molecule has 1 N–H and O–H groups in total. The molecule has 1 aliphatic rings. The second-order valence-electron chi connectivity index (χ2n) is 5.08. The van der Waals surface area contributed by atoms with Crippen LogP contribution in [-0.4, -0.2) is 17.0 Å². The van der Waals surface area contributed by atoms with Gasteiger partial charge in [-0.3, -0.25) is 4.99 Å². The summed E-state index contributed by atoms with van der Waals surface area (Å²) in [5.74, 6) is 0.722. The Bertz CT molecular complexity index is 513. The number of amidine groups is 1. The molecule has 2 rings (SSSR count). The maximum atomic E-state index is 6.25. The van der Waals surface area contributed by atoms with Gasteiger partial charge < -0.3 is 5.32 Å². The molecule has 1 aromatic rings. The van der Waals surface area contributed by atoms with Gasteiger partial charge in [0.25, 0.3) is 0 Å². The SMILES string of the molecule is CCC(CC)C1CN=C(Nc2cc(Cl)c(C)cc2Cl)S1. The molecule has 0 bridgehead atoms. The fourth-order valence-electron chi connectivity index (χ4n) is 2.38. The second-order valence-corrected chi connectivity index (χ2v) is 7.13. The van der Waals surface area contributed by atoms with E-state index in [9.17, 15) is 0 Å². The van der Waals surface area contributed by atoms with Gasteiger partial charge in [-0.1, -0.05) is 61.7 Å². The van der Waals surface area contributed by atoms with Gasteiger partial charge in [-0.25, -0.2) is 0 Å². The quantitative estimate of drug-likeness (QED) is 0.774.